The number of fused-ring (bicyclic) bond motifs is 1. The normalized spacial score (nSPS) is 12.3. The van der Waals surface area contributed by atoms with Gasteiger partial charge < -0.3 is 5.73 Å². The molecule has 3 N–H and O–H groups in total. The Labute approximate surface area is 128 Å². The number of anilines is 1. The predicted molar refractivity (Wildman–Crippen MR) is 88.7 cm³/mol. The highest BCUT2D eigenvalue weighted by Crippen LogP contribution is 2.15. The fraction of sp³-hybridized carbons (Fsp3) is 0.176. The molecule has 0 spiro atoms. The molecule has 0 aliphatic rings. The molecular formula is C17H18N4O. The molecule has 5 nitrogen and oxygen atoms in total. The number of para-hydroxylation sites is 2. The zero-order valence-electron chi connectivity index (χ0n) is 12.4. The molecule has 0 aliphatic carbocycles. The van der Waals surface area contributed by atoms with Gasteiger partial charge in [0.25, 0.3) is 5.56 Å². The molecule has 5 heteroatoms. The molecule has 1 aromatic heterocycles. The molecule has 1 atom stereocenters. The molecule has 0 saturated carbocycles. The molecule has 0 radical (unpaired) electrons. The lowest BCUT2D eigenvalue weighted by molar-refractivity contribution is 0.608. The van der Waals surface area contributed by atoms with E-state index in [1.807, 2.05) is 55.5 Å². The van der Waals surface area contributed by atoms with Crippen LogP contribution in [0.15, 0.2) is 59.4 Å². The van der Waals surface area contributed by atoms with Crippen LogP contribution in [0.2, 0.25) is 0 Å². The van der Waals surface area contributed by atoms with Crippen LogP contribution in [0.4, 0.5) is 5.69 Å². The maximum atomic E-state index is 12.8. The van der Waals surface area contributed by atoms with Gasteiger partial charge in [-0.15, -0.1) is 0 Å². The van der Waals surface area contributed by atoms with Crippen LogP contribution in [0.5, 0.6) is 0 Å². The molecule has 1 heterocycles. The third kappa shape index (κ3) is 2.58. The van der Waals surface area contributed by atoms with Crippen molar-refractivity contribution in [1.29, 1.82) is 0 Å². The van der Waals surface area contributed by atoms with Crippen molar-refractivity contribution in [2.75, 3.05) is 5.43 Å². The van der Waals surface area contributed by atoms with Crippen LogP contribution >= 0.6 is 0 Å². The first-order valence-corrected chi connectivity index (χ1v) is 7.30. The molecule has 0 fully saturated rings. The molecule has 0 unspecified atom stereocenters. The van der Waals surface area contributed by atoms with Gasteiger partial charge in [0.2, 0.25) is 0 Å². The second-order valence-electron chi connectivity index (χ2n) is 5.12. The van der Waals surface area contributed by atoms with E-state index in [-0.39, 0.29) is 11.6 Å². The highest BCUT2D eigenvalue weighted by molar-refractivity contribution is 5.77. The van der Waals surface area contributed by atoms with Crippen LogP contribution in [-0.2, 0) is 0 Å². The van der Waals surface area contributed by atoms with E-state index in [1.54, 1.807) is 6.07 Å². The molecular weight excluding hydrogens is 276 g/mol. The molecule has 3 aromatic rings. The van der Waals surface area contributed by atoms with Gasteiger partial charge in [0.15, 0.2) is 0 Å². The van der Waals surface area contributed by atoms with E-state index < -0.39 is 0 Å². The first kappa shape index (κ1) is 14.3. The number of hydrogen-bond donors (Lipinski definition) is 2. The van der Waals surface area contributed by atoms with E-state index in [2.05, 4.69) is 10.4 Å². The third-order valence-electron chi connectivity index (χ3n) is 3.59. The van der Waals surface area contributed by atoms with Crippen LogP contribution in [0.25, 0.3) is 10.9 Å². The Bertz CT molecular complexity index is 842. The Kier molecular flexibility index (Phi) is 3.89. The van der Waals surface area contributed by atoms with E-state index in [4.69, 9.17) is 5.73 Å². The summed E-state index contributed by atoms with van der Waals surface area (Å²) in [7, 11) is 0. The summed E-state index contributed by atoms with van der Waals surface area (Å²) in [5.41, 5.74) is 10.6. The van der Waals surface area contributed by atoms with Crippen molar-refractivity contribution in [3.63, 3.8) is 0 Å². The number of nitrogens with two attached hydrogens (primary N) is 1. The van der Waals surface area contributed by atoms with Crippen LogP contribution in [-0.4, -0.2) is 9.66 Å². The Hall–Kier alpha value is -2.66. The van der Waals surface area contributed by atoms with Gasteiger partial charge in [0.05, 0.1) is 22.6 Å². The monoisotopic (exact) mass is 294 g/mol. The highest BCUT2D eigenvalue weighted by atomic mass is 16.1. The fourth-order valence-corrected chi connectivity index (χ4v) is 2.33. The van der Waals surface area contributed by atoms with Crippen molar-refractivity contribution in [2.45, 2.75) is 19.4 Å². The van der Waals surface area contributed by atoms with Gasteiger partial charge in [-0.2, -0.15) is 0 Å². The Balaban J connectivity index is 2.21. The quantitative estimate of drug-likeness (QED) is 0.776. The van der Waals surface area contributed by atoms with E-state index in [1.165, 1.54) is 4.68 Å². The summed E-state index contributed by atoms with van der Waals surface area (Å²) in [6.45, 7) is 1.97. The topological polar surface area (TPSA) is 72.9 Å². The number of aromatic nitrogens is 2. The molecule has 0 bridgehead atoms. The second-order valence-corrected chi connectivity index (χ2v) is 5.12. The first-order chi connectivity index (χ1) is 10.7. The molecule has 22 heavy (non-hydrogen) atoms. The summed E-state index contributed by atoms with van der Waals surface area (Å²) >= 11 is 0. The zero-order chi connectivity index (χ0) is 15.5. The minimum absolute atomic E-state index is 0.145. The van der Waals surface area contributed by atoms with Gasteiger partial charge in [-0.25, -0.2) is 9.66 Å². The van der Waals surface area contributed by atoms with Crippen LogP contribution in [0, 0.1) is 0 Å². The molecule has 112 valence electrons. The number of benzene rings is 2. The lowest BCUT2D eigenvalue weighted by atomic mass is 10.2. The summed E-state index contributed by atoms with van der Waals surface area (Å²) in [6, 6.07) is 16.5. The van der Waals surface area contributed by atoms with Gasteiger partial charge in [-0.05, 0) is 30.7 Å². The number of nitrogens with one attached hydrogen (secondary N) is 1. The standard InChI is InChI=1S/C17H18N4O/c1-2-14(18)16-19-15-11-7-6-10-13(15)17(22)21(16)20-12-8-4-3-5-9-12/h3-11,14,20H,2,18H2,1H3/t14-/m0/s1. The van der Waals surface area contributed by atoms with Crippen molar-refractivity contribution in [1.82, 2.24) is 9.66 Å². The Morgan fingerprint density at radius 2 is 1.82 bits per heavy atom. The summed E-state index contributed by atoms with van der Waals surface area (Å²) in [4.78, 5) is 17.4. The van der Waals surface area contributed by atoms with Crippen LogP contribution in [0.1, 0.15) is 25.2 Å². The summed E-state index contributed by atoms with van der Waals surface area (Å²) in [5.74, 6) is 0.537. The van der Waals surface area contributed by atoms with E-state index in [0.717, 1.165) is 5.69 Å². The van der Waals surface area contributed by atoms with Gasteiger partial charge >= 0.3 is 0 Å². The maximum absolute atomic E-state index is 12.8. The predicted octanol–water partition coefficient (Wildman–Crippen LogP) is 2.68. The average molecular weight is 294 g/mol. The minimum Gasteiger partial charge on any atom is -0.321 e. The largest absolute Gasteiger partial charge is 0.321 e. The van der Waals surface area contributed by atoms with Crippen molar-refractivity contribution >= 4 is 16.6 Å². The van der Waals surface area contributed by atoms with Gasteiger partial charge in [-0.1, -0.05) is 37.3 Å². The molecule has 2 aromatic carbocycles. The van der Waals surface area contributed by atoms with E-state index >= 15 is 0 Å². The maximum Gasteiger partial charge on any atom is 0.280 e. The zero-order valence-corrected chi connectivity index (χ0v) is 12.4. The highest BCUT2D eigenvalue weighted by Gasteiger charge is 2.15. The van der Waals surface area contributed by atoms with Crippen molar-refractivity contribution in [3.8, 4) is 0 Å². The minimum atomic E-state index is -0.312. The molecule has 3 rings (SSSR count). The van der Waals surface area contributed by atoms with Gasteiger partial charge in [-0.3, -0.25) is 10.2 Å². The lowest BCUT2D eigenvalue weighted by Crippen LogP contribution is -2.33. The van der Waals surface area contributed by atoms with E-state index in [0.29, 0.717) is 23.1 Å². The molecule has 0 saturated heterocycles. The molecule has 0 amide bonds. The summed E-state index contributed by atoms with van der Waals surface area (Å²) < 4.78 is 1.45. The lowest BCUT2D eigenvalue weighted by Gasteiger charge is -2.18. The molecule has 0 aliphatic heterocycles. The van der Waals surface area contributed by atoms with Crippen LogP contribution in [0.3, 0.4) is 0 Å². The van der Waals surface area contributed by atoms with Crippen molar-refractivity contribution in [2.24, 2.45) is 5.73 Å². The Morgan fingerprint density at radius 1 is 1.14 bits per heavy atom. The van der Waals surface area contributed by atoms with Crippen molar-refractivity contribution < 1.29 is 0 Å². The van der Waals surface area contributed by atoms with Gasteiger partial charge in [0, 0.05) is 0 Å². The van der Waals surface area contributed by atoms with E-state index in [9.17, 15) is 4.79 Å². The smallest absolute Gasteiger partial charge is 0.280 e. The number of nitrogens with zero attached hydrogens (tertiary/aromatic N) is 2. The van der Waals surface area contributed by atoms with Crippen LogP contribution < -0.4 is 16.7 Å². The third-order valence-corrected chi connectivity index (χ3v) is 3.59. The van der Waals surface area contributed by atoms with Crippen molar-refractivity contribution in [3.05, 3.63) is 70.8 Å². The summed E-state index contributed by atoms with van der Waals surface area (Å²) in [6.07, 6.45) is 0.696. The number of rotatable bonds is 4. The summed E-state index contributed by atoms with van der Waals surface area (Å²) in [5, 5.41) is 0.568. The average Bonchev–Trinajstić information content (AvgIpc) is 2.57. The SMILES string of the molecule is CC[C@H](N)c1nc2ccccc2c(=O)n1Nc1ccccc1. The Morgan fingerprint density at radius 3 is 2.55 bits per heavy atom. The fourth-order valence-electron chi connectivity index (χ4n) is 2.33. The first-order valence-electron chi connectivity index (χ1n) is 7.30. The number of hydrogen-bond acceptors (Lipinski definition) is 4. The van der Waals surface area contributed by atoms with Gasteiger partial charge in [0.1, 0.15) is 5.82 Å². The second kappa shape index (κ2) is 5.99.